The van der Waals surface area contributed by atoms with E-state index in [1.54, 1.807) is 0 Å². The summed E-state index contributed by atoms with van der Waals surface area (Å²) in [5, 5.41) is 12.8. The Morgan fingerprint density at radius 2 is 1.83 bits per heavy atom. The van der Waals surface area contributed by atoms with Crippen molar-refractivity contribution in [1.82, 2.24) is 0 Å². The Bertz CT molecular complexity index is 325. The minimum absolute atomic E-state index is 0.229. The number of halogens is 1. The van der Waals surface area contributed by atoms with Crippen LogP contribution < -0.4 is 10.2 Å². The van der Waals surface area contributed by atoms with E-state index in [2.05, 4.69) is 19.2 Å². The molecule has 0 aliphatic rings. The Morgan fingerprint density at radius 1 is 1.22 bits per heavy atom. The van der Waals surface area contributed by atoms with Crippen molar-refractivity contribution in [2.75, 3.05) is 26.2 Å². The first-order valence-corrected chi connectivity index (χ1v) is 7.11. The first-order valence-electron chi connectivity index (χ1n) is 6.73. The van der Waals surface area contributed by atoms with Crippen LogP contribution in [0.5, 0.6) is 0 Å². The molecule has 0 heterocycles. The zero-order valence-corrected chi connectivity index (χ0v) is 12.1. The van der Waals surface area contributed by atoms with Crippen molar-refractivity contribution in [3.8, 4) is 0 Å². The monoisotopic (exact) mass is 272 g/mol. The number of hydrogen-bond acceptors (Lipinski definition) is 1. The third kappa shape index (κ3) is 5.83. The van der Waals surface area contributed by atoms with Gasteiger partial charge < -0.3 is 15.3 Å². The highest BCUT2D eigenvalue weighted by Crippen LogP contribution is 2.08. The molecular weight excluding hydrogens is 248 g/mol. The number of rotatable bonds is 8. The van der Waals surface area contributed by atoms with E-state index >= 15 is 0 Å². The van der Waals surface area contributed by atoms with Gasteiger partial charge in [-0.2, -0.15) is 0 Å². The summed E-state index contributed by atoms with van der Waals surface area (Å²) in [5.74, 6) is 0. The molecule has 0 saturated heterocycles. The van der Waals surface area contributed by atoms with Crippen molar-refractivity contribution in [2.24, 2.45) is 0 Å². The topological polar surface area (TPSA) is 41.3 Å². The first kappa shape index (κ1) is 15.4. The van der Waals surface area contributed by atoms with Crippen LogP contribution in [0.15, 0.2) is 24.3 Å². The van der Waals surface area contributed by atoms with Gasteiger partial charge in [0.05, 0.1) is 13.1 Å². The van der Waals surface area contributed by atoms with Gasteiger partial charge in [-0.3, -0.25) is 0 Å². The van der Waals surface area contributed by atoms with E-state index in [1.807, 2.05) is 24.3 Å². The molecule has 1 aromatic carbocycles. The van der Waals surface area contributed by atoms with Gasteiger partial charge in [0.15, 0.2) is 6.10 Å². The molecule has 1 rings (SSSR count). The molecule has 18 heavy (non-hydrogen) atoms. The molecule has 4 heteroatoms. The highest BCUT2D eigenvalue weighted by atomic mass is 35.5. The second kappa shape index (κ2) is 8.48. The summed E-state index contributed by atoms with van der Waals surface area (Å²) in [5.41, 5.74) is 1.24. The van der Waals surface area contributed by atoms with Crippen LogP contribution in [0.1, 0.15) is 19.4 Å². The molecule has 0 radical (unpaired) electrons. The average Bonchev–Trinajstić information content (AvgIpc) is 2.38. The van der Waals surface area contributed by atoms with Crippen LogP contribution in [0.4, 0.5) is 0 Å². The van der Waals surface area contributed by atoms with Crippen LogP contribution in [0, 0.1) is 0 Å². The van der Waals surface area contributed by atoms with Gasteiger partial charge in [-0.25, -0.2) is 0 Å². The molecule has 0 aliphatic carbocycles. The number of aliphatic hydroxyl groups excluding tert-OH is 1. The van der Waals surface area contributed by atoms with E-state index < -0.39 is 0 Å². The molecule has 0 bridgehead atoms. The lowest BCUT2D eigenvalue weighted by Crippen LogP contribution is -3.13. The summed E-state index contributed by atoms with van der Waals surface area (Å²) in [7, 11) is 0. The molecule has 0 saturated carbocycles. The van der Waals surface area contributed by atoms with Gasteiger partial charge in [0.2, 0.25) is 0 Å². The Morgan fingerprint density at radius 3 is 2.39 bits per heavy atom. The van der Waals surface area contributed by atoms with Gasteiger partial charge in [-0.1, -0.05) is 23.7 Å². The highest BCUT2D eigenvalue weighted by Gasteiger charge is 2.13. The smallest absolute Gasteiger partial charge is 0.151 e. The van der Waals surface area contributed by atoms with Gasteiger partial charge in [-0.15, -0.1) is 0 Å². The van der Waals surface area contributed by atoms with Gasteiger partial charge in [0, 0.05) is 10.6 Å². The van der Waals surface area contributed by atoms with Crippen LogP contribution in [0.25, 0.3) is 0 Å². The number of aliphatic hydroxyl groups is 1. The third-order valence-corrected chi connectivity index (χ3v) is 3.51. The summed E-state index contributed by atoms with van der Waals surface area (Å²) >= 11 is 5.83. The van der Waals surface area contributed by atoms with E-state index in [-0.39, 0.29) is 6.10 Å². The standard InChI is InChI=1S/C14H23ClN2O/c1-3-17(4-2)11-14(18)10-16-9-12-5-7-13(15)8-6-12/h5-8,14,16,18H,3-4,9-11H2,1-2H3/p+2/t14-/m1/s1. The van der Waals surface area contributed by atoms with Crippen molar-refractivity contribution < 1.29 is 15.3 Å². The second-order valence-corrected chi connectivity index (χ2v) is 5.11. The van der Waals surface area contributed by atoms with Gasteiger partial charge in [0.25, 0.3) is 0 Å². The normalized spacial score (nSPS) is 12.9. The Labute approximate surface area is 115 Å². The van der Waals surface area contributed by atoms with Crippen molar-refractivity contribution in [3.05, 3.63) is 34.9 Å². The Balaban J connectivity index is 2.22. The van der Waals surface area contributed by atoms with E-state index in [0.29, 0.717) is 0 Å². The summed E-state index contributed by atoms with van der Waals surface area (Å²) in [6.45, 7) is 8.94. The predicted molar refractivity (Wildman–Crippen MR) is 74.9 cm³/mol. The average molecular weight is 273 g/mol. The molecule has 102 valence electrons. The summed E-state index contributed by atoms with van der Waals surface area (Å²) in [6.07, 6.45) is -0.229. The van der Waals surface area contributed by atoms with E-state index in [0.717, 1.165) is 37.7 Å². The number of hydrogen-bond donors (Lipinski definition) is 3. The fraction of sp³-hybridized carbons (Fsp3) is 0.571. The molecule has 0 fully saturated rings. The van der Waals surface area contributed by atoms with Crippen molar-refractivity contribution in [1.29, 1.82) is 0 Å². The molecule has 0 aromatic heterocycles. The number of likely N-dealkylation sites (N-methyl/N-ethyl adjacent to an activating group) is 1. The maximum atomic E-state index is 9.93. The zero-order chi connectivity index (χ0) is 13.4. The second-order valence-electron chi connectivity index (χ2n) is 4.67. The SMILES string of the molecule is CC[NH+](CC)C[C@H](O)C[NH2+]Cc1ccc(Cl)cc1. The highest BCUT2D eigenvalue weighted by molar-refractivity contribution is 6.30. The Kier molecular flexibility index (Phi) is 7.28. The lowest BCUT2D eigenvalue weighted by atomic mass is 10.2. The van der Waals surface area contributed by atoms with E-state index in [1.165, 1.54) is 10.5 Å². The quantitative estimate of drug-likeness (QED) is 0.597. The maximum Gasteiger partial charge on any atom is 0.151 e. The molecule has 0 aliphatic heterocycles. The molecule has 1 atom stereocenters. The molecule has 0 amide bonds. The molecular formula is C14H25ClN2O+2. The van der Waals surface area contributed by atoms with Crippen LogP contribution in [0.2, 0.25) is 5.02 Å². The van der Waals surface area contributed by atoms with Crippen molar-refractivity contribution >= 4 is 11.6 Å². The summed E-state index contributed by atoms with van der Waals surface area (Å²) in [4.78, 5) is 1.45. The fourth-order valence-corrected chi connectivity index (χ4v) is 2.14. The number of quaternary nitrogens is 2. The van der Waals surface area contributed by atoms with Gasteiger partial charge in [0.1, 0.15) is 19.6 Å². The molecule has 0 unspecified atom stereocenters. The van der Waals surface area contributed by atoms with Crippen LogP contribution in [0.3, 0.4) is 0 Å². The van der Waals surface area contributed by atoms with Gasteiger partial charge in [-0.05, 0) is 26.0 Å². The van der Waals surface area contributed by atoms with E-state index in [9.17, 15) is 5.11 Å². The molecule has 1 aromatic rings. The number of nitrogens with two attached hydrogens (primary N) is 1. The first-order chi connectivity index (χ1) is 8.65. The summed E-state index contributed by atoms with van der Waals surface area (Å²) < 4.78 is 0. The summed E-state index contributed by atoms with van der Waals surface area (Å²) in [6, 6.07) is 7.87. The maximum absolute atomic E-state index is 9.93. The number of nitrogens with one attached hydrogen (secondary N) is 1. The zero-order valence-electron chi connectivity index (χ0n) is 11.3. The molecule has 3 nitrogen and oxygen atoms in total. The van der Waals surface area contributed by atoms with Crippen LogP contribution >= 0.6 is 11.6 Å². The lowest BCUT2D eigenvalue weighted by Gasteiger charge is -2.18. The fourth-order valence-electron chi connectivity index (χ4n) is 2.02. The molecule has 0 spiro atoms. The lowest BCUT2D eigenvalue weighted by molar-refractivity contribution is -0.901. The molecule has 4 N–H and O–H groups in total. The predicted octanol–water partition coefficient (Wildman–Crippen LogP) is -0.311. The third-order valence-electron chi connectivity index (χ3n) is 3.26. The Hall–Kier alpha value is -0.610. The van der Waals surface area contributed by atoms with Gasteiger partial charge >= 0.3 is 0 Å². The minimum Gasteiger partial charge on any atom is -0.382 e. The van der Waals surface area contributed by atoms with E-state index in [4.69, 9.17) is 11.6 Å². The largest absolute Gasteiger partial charge is 0.382 e. The van der Waals surface area contributed by atoms with Crippen molar-refractivity contribution in [3.63, 3.8) is 0 Å². The van der Waals surface area contributed by atoms with Crippen molar-refractivity contribution in [2.45, 2.75) is 26.5 Å². The van der Waals surface area contributed by atoms with Crippen LogP contribution in [-0.4, -0.2) is 37.4 Å². The minimum atomic E-state index is -0.229. The van der Waals surface area contributed by atoms with Crippen LogP contribution in [-0.2, 0) is 6.54 Å². The number of benzene rings is 1.